The first kappa shape index (κ1) is 24.1. The molecular formula is C15H33N4P. The van der Waals surface area contributed by atoms with Crippen molar-refractivity contribution in [2.24, 2.45) is 11.5 Å². The quantitative estimate of drug-likeness (QED) is 0.381. The summed E-state index contributed by atoms with van der Waals surface area (Å²) in [6.07, 6.45) is 15.0. The van der Waals surface area contributed by atoms with Crippen LogP contribution in [-0.2, 0) is 0 Å². The molecule has 0 saturated carbocycles. The van der Waals surface area contributed by atoms with E-state index in [4.69, 9.17) is 10.5 Å². The molecule has 118 valence electrons. The van der Waals surface area contributed by atoms with Crippen LogP contribution in [0.4, 0.5) is 0 Å². The summed E-state index contributed by atoms with van der Waals surface area (Å²) in [5, 5.41) is 14.8. The largest absolute Gasteiger partial charge is 0.337 e. The molecule has 0 aromatic carbocycles. The van der Waals surface area contributed by atoms with Crippen molar-refractivity contribution in [3.63, 3.8) is 0 Å². The molecule has 0 amide bonds. The van der Waals surface area contributed by atoms with Crippen molar-refractivity contribution in [2.45, 2.75) is 83.7 Å². The van der Waals surface area contributed by atoms with E-state index >= 15 is 0 Å². The second kappa shape index (κ2) is 20.3. The van der Waals surface area contributed by atoms with E-state index in [0.717, 1.165) is 0 Å². The molecule has 0 aliphatic carbocycles. The minimum Gasteiger partial charge on any atom is -0.337 e. The molecule has 0 radical (unpaired) electrons. The van der Waals surface area contributed by atoms with Crippen LogP contribution in [-0.4, -0.2) is 5.16 Å². The van der Waals surface area contributed by atoms with E-state index in [1.165, 1.54) is 70.2 Å². The van der Waals surface area contributed by atoms with Crippen LogP contribution in [0.3, 0.4) is 0 Å². The van der Waals surface area contributed by atoms with E-state index in [2.05, 4.69) is 41.5 Å². The molecule has 0 heterocycles. The first-order valence-corrected chi connectivity index (χ1v) is 8.07. The molecule has 0 fully saturated rings. The maximum Gasteiger partial charge on any atom is 0.173 e. The summed E-state index contributed by atoms with van der Waals surface area (Å²) in [6.45, 7) is 6.89. The second-order valence-electron chi connectivity index (χ2n) is 4.93. The highest BCUT2D eigenvalue weighted by atomic mass is 31.0. The number of nitrogens with two attached hydrogens (primary N) is 2. The minimum atomic E-state index is 0.571. The zero-order chi connectivity index (χ0) is 16.3. The second-order valence-corrected chi connectivity index (χ2v) is 6.16. The lowest BCUT2D eigenvalue weighted by atomic mass is 9.90. The van der Waals surface area contributed by atoms with Gasteiger partial charge in [-0.15, -0.1) is 9.24 Å². The van der Waals surface area contributed by atoms with Gasteiger partial charge in [-0.2, -0.15) is 10.5 Å². The maximum absolute atomic E-state index is 7.10. The Labute approximate surface area is 128 Å². The van der Waals surface area contributed by atoms with Gasteiger partial charge < -0.3 is 11.5 Å². The van der Waals surface area contributed by atoms with Gasteiger partial charge in [-0.1, -0.05) is 59.3 Å². The summed E-state index contributed by atoms with van der Waals surface area (Å²) < 4.78 is 0. The van der Waals surface area contributed by atoms with E-state index in [1.807, 2.05) is 0 Å². The zero-order valence-corrected chi connectivity index (χ0v) is 14.6. The summed E-state index contributed by atoms with van der Waals surface area (Å²) in [5.41, 5.74) is 8.31. The highest BCUT2D eigenvalue weighted by Crippen LogP contribution is 2.36. The smallest absolute Gasteiger partial charge is 0.173 e. The van der Waals surface area contributed by atoms with Crippen molar-refractivity contribution in [3.05, 3.63) is 0 Å². The number of hydrogen-bond acceptors (Lipinski definition) is 4. The highest BCUT2D eigenvalue weighted by Gasteiger charge is 2.22. The molecule has 20 heavy (non-hydrogen) atoms. The topological polar surface area (TPSA) is 99.6 Å². The molecule has 0 aliphatic heterocycles. The third-order valence-electron chi connectivity index (χ3n) is 3.08. The standard InChI is InChI=1S/C13H29P.2CH2N2/c1-4-7-10-13(14,11-8-5-2)12-9-6-3;2*2-1-3/h4-12,14H2,1-3H3;2*2H2. The predicted octanol–water partition coefficient (Wildman–Crippen LogP) is 4.02. The Balaban J connectivity index is -0.000000408. The van der Waals surface area contributed by atoms with Gasteiger partial charge in [-0.3, -0.25) is 0 Å². The highest BCUT2D eigenvalue weighted by molar-refractivity contribution is 7.19. The average Bonchev–Trinajstić information content (AvgIpc) is 2.43. The molecule has 0 aliphatic rings. The lowest BCUT2D eigenvalue weighted by molar-refractivity contribution is 0.424. The first-order chi connectivity index (χ1) is 9.51. The number of unbranched alkanes of at least 4 members (excludes halogenated alkanes) is 3. The third-order valence-corrected chi connectivity index (χ3v) is 3.95. The van der Waals surface area contributed by atoms with E-state index in [9.17, 15) is 0 Å². The molecule has 1 unspecified atom stereocenters. The molecule has 1 atom stereocenters. The Bertz CT molecular complexity index is 222. The molecule has 0 spiro atoms. The van der Waals surface area contributed by atoms with Crippen LogP contribution in [0.5, 0.6) is 0 Å². The Morgan fingerprint density at radius 1 is 0.800 bits per heavy atom. The number of nitriles is 2. The maximum atomic E-state index is 7.10. The Kier molecular flexibility index (Phi) is 24.5. The summed E-state index contributed by atoms with van der Waals surface area (Å²) in [5.74, 6) is 0. The Morgan fingerprint density at radius 3 is 1.15 bits per heavy atom. The van der Waals surface area contributed by atoms with E-state index in [-0.39, 0.29) is 0 Å². The Hall–Kier alpha value is -0.990. The van der Waals surface area contributed by atoms with Gasteiger partial charge in [0.15, 0.2) is 12.4 Å². The van der Waals surface area contributed by atoms with Crippen LogP contribution in [0, 0.1) is 22.9 Å². The van der Waals surface area contributed by atoms with Crippen molar-refractivity contribution >= 4 is 9.24 Å². The van der Waals surface area contributed by atoms with Crippen molar-refractivity contribution in [1.29, 1.82) is 10.5 Å². The van der Waals surface area contributed by atoms with Gasteiger partial charge >= 0.3 is 0 Å². The van der Waals surface area contributed by atoms with Crippen molar-refractivity contribution in [3.8, 4) is 12.4 Å². The van der Waals surface area contributed by atoms with Gasteiger partial charge in [0.25, 0.3) is 0 Å². The van der Waals surface area contributed by atoms with Crippen LogP contribution in [0.15, 0.2) is 0 Å². The van der Waals surface area contributed by atoms with E-state index in [1.54, 1.807) is 0 Å². The van der Waals surface area contributed by atoms with E-state index in [0.29, 0.717) is 5.16 Å². The molecular weight excluding hydrogens is 267 g/mol. The molecule has 0 saturated heterocycles. The fourth-order valence-electron chi connectivity index (χ4n) is 1.96. The van der Waals surface area contributed by atoms with Gasteiger partial charge in [-0.25, -0.2) is 0 Å². The summed E-state index contributed by atoms with van der Waals surface area (Å²) in [6, 6.07) is 0. The van der Waals surface area contributed by atoms with Crippen LogP contribution >= 0.6 is 9.24 Å². The van der Waals surface area contributed by atoms with Crippen molar-refractivity contribution in [2.75, 3.05) is 0 Å². The van der Waals surface area contributed by atoms with Gasteiger partial charge in [0.2, 0.25) is 0 Å². The molecule has 4 nitrogen and oxygen atoms in total. The normalized spacial score (nSPS) is 9.10. The van der Waals surface area contributed by atoms with Crippen molar-refractivity contribution < 1.29 is 0 Å². The van der Waals surface area contributed by atoms with Crippen molar-refractivity contribution in [1.82, 2.24) is 0 Å². The number of rotatable bonds is 9. The molecule has 4 N–H and O–H groups in total. The van der Waals surface area contributed by atoms with Gasteiger partial charge in [0.05, 0.1) is 0 Å². The number of hydrogen-bond donors (Lipinski definition) is 2. The molecule has 0 aromatic heterocycles. The fourth-order valence-corrected chi connectivity index (χ4v) is 2.57. The summed E-state index contributed by atoms with van der Waals surface area (Å²) in [4.78, 5) is 0. The zero-order valence-electron chi connectivity index (χ0n) is 13.5. The summed E-state index contributed by atoms with van der Waals surface area (Å²) in [7, 11) is 3.17. The van der Waals surface area contributed by atoms with Gasteiger partial charge in [0, 0.05) is 0 Å². The lowest BCUT2D eigenvalue weighted by Gasteiger charge is -2.29. The molecule has 5 heteroatoms. The molecule has 0 bridgehead atoms. The van der Waals surface area contributed by atoms with E-state index < -0.39 is 0 Å². The van der Waals surface area contributed by atoms with Gasteiger partial charge in [-0.05, 0) is 24.4 Å². The summed E-state index contributed by atoms with van der Waals surface area (Å²) >= 11 is 0. The minimum absolute atomic E-state index is 0.571. The Morgan fingerprint density at radius 2 is 1.00 bits per heavy atom. The SMILES string of the molecule is CCCCC(P)(CCCC)CCCC.N#CN.N#CN. The lowest BCUT2D eigenvalue weighted by Crippen LogP contribution is -2.20. The fraction of sp³-hybridized carbons (Fsp3) is 0.867. The predicted molar refractivity (Wildman–Crippen MR) is 90.6 cm³/mol. The monoisotopic (exact) mass is 300 g/mol. The molecule has 0 aromatic rings. The average molecular weight is 300 g/mol. The van der Waals surface area contributed by atoms with Crippen LogP contribution in [0.2, 0.25) is 0 Å². The van der Waals surface area contributed by atoms with Gasteiger partial charge in [0.1, 0.15) is 0 Å². The van der Waals surface area contributed by atoms with Crippen LogP contribution in [0.25, 0.3) is 0 Å². The first-order valence-electron chi connectivity index (χ1n) is 7.50. The van der Waals surface area contributed by atoms with Crippen LogP contribution in [0.1, 0.15) is 78.6 Å². The third kappa shape index (κ3) is 22.2. The van der Waals surface area contributed by atoms with Crippen LogP contribution < -0.4 is 11.5 Å². The number of nitrogens with zero attached hydrogens (tertiary/aromatic N) is 2. The molecule has 0 rings (SSSR count).